The van der Waals surface area contributed by atoms with Crippen LogP contribution in [0.25, 0.3) is 0 Å². The van der Waals surface area contributed by atoms with Gasteiger partial charge in [0.15, 0.2) is 0 Å². The number of phosphoric ester groups is 1. The quantitative estimate of drug-likeness (QED) is 0.354. The van der Waals surface area contributed by atoms with Crippen LogP contribution in [0.4, 0.5) is 0 Å². The number of phosphoric acid groups is 1. The first-order valence-electron chi connectivity index (χ1n) is 9.29. The molecule has 6 heteroatoms. The smallest absolute Gasteiger partial charge is 0.323 e. The van der Waals surface area contributed by atoms with E-state index in [4.69, 9.17) is 15.5 Å². The van der Waals surface area contributed by atoms with Crippen molar-refractivity contribution >= 4 is 7.82 Å². The summed E-state index contributed by atoms with van der Waals surface area (Å²) in [6.45, 7) is 3.82. The summed E-state index contributed by atoms with van der Waals surface area (Å²) in [6, 6.07) is 8.57. The fraction of sp³-hybridized carbons (Fsp3) is 0.684. The van der Waals surface area contributed by atoms with Gasteiger partial charge in [-0.15, -0.1) is 0 Å². The maximum Gasteiger partial charge on any atom is 0.469 e. The maximum absolute atomic E-state index is 10.8. The largest absolute Gasteiger partial charge is 0.469 e. The van der Waals surface area contributed by atoms with Crippen molar-refractivity contribution in [3.8, 4) is 0 Å². The molecule has 0 aliphatic heterocycles. The Labute approximate surface area is 152 Å². The summed E-state index contributed by atoms with van der Waals surface area (Å²) in [7, 11) is -4.46. The summed E-state index contributed by atoms with van der Waals surface area (Å²) >= 11 is 0. The van der Waals surface area contributed by atoms with E-state index in [2.05, 4.69) is 35.7 Å². The number of unbranched alkanes of at least 4 members (excludes halogenated alkanes) is 5. The lowest BCUT2D eigenvalue weighted by Crippen LogP contribution is -2.41. The van der Waals surface area contributed by atoms with Gasteiger partial charge >= 0.3 is 7.82 Å². The van der Waals surface area contributed by atoms with Gasteiger partial charge in [-0.2, -0.15) is 0 Å². The van der Waals surface area contributed by atoms with Crippen LogP contribution in [0.15, 0.2) is 24.3 Å². The van der Waals surface area contributed by atoms with Crippen LogP contribution in [-0.2, 0) is 21.9 Å². The van der Waals surface area contributed by atoms with Gasteiger partial charge in [0.25, 0.3) is 0 Å². The molecule has 0 bridgehead atoms. The summed E-state index contributed by atoms with van der Waals surface area (Å²) in [5, 5.41) is 0. The zero-order valence-corrected chi connectivity index (χ0v) is 16.5. The highest BCUT2D eigenvalue weighted by Crippen LogP contribution is 2.36. The van der Waals surface area contributed by atoms with Crippen LogP contribution in [0.3, 0.4) is 0 Å². The topological polar surface area (TPSA) is 92.8 Å². The summed E-state index contributed by atoms with van der Waals surface area (Å²) in [6.07, 6.45) is 10.3. The van der Waals surface area contributed by atoms with Crippen LogP contribution in [-0.4, -0.2) is 21.9 Å². The molecule has 4 N–H and O–H groups in total. The Bertz CT molecular complexity index is 525. The van der Waals surface area contributed by atoms with E-state index in [0.29, 0.717) is 6.42 Å². The van der Waals surface area contributed by atoms with Crippen molar-refractivity contribution in [2.75, 3.05) is 6.61 Å². The minimum atomic E-state index is -4.46. The molecule has 0 spiro atoms. The Kier molecular flexibility index (Phi) is 9.91. The monoisotopic (exact) mass is 371 g/mol. The lowest BCUT2D eigenvalue weighted by molar-refractivity contribution is 0.154. The van der Waals surface area contributed by atoms with Gasteiger partial charge in [0.05, 0.1) is 6.61 Å². The number of rotatable bonds is 13. The van der Waals surface area contributed by atoms with E-state index < -0.39 is 13.4 Å². The number of nitrogens with two attached hydrogens (primary N) is 1. The molecule has 25 heavy (non-hydrogen) atoms. The Morgan fingerprint density at radius 2 is 1.52 bits per heavy atom. The molecular weight excluding hydrogens is 337 g/mol. The van der Waals surface area contributed by atoms with Gasteiger partial charge < -0.3 is 15.5 Å². The molecule has 0 heterocycles. The average molecular weight is 371 g/mol. The fourth-order valence-corrected chi connectivity index (χ4v) is 3.18. The highest BCUT2D eigenvalue weighted by molar-refractivity contribution is 7.46. The molecule has 144 valence electrons. The molecule has 0 aliphatic carbocycles. The SMILES string of the molecule is CCCCCCCCc1ccc(CCC(C)(N)COP(=O)(O)O)cc1. The van der Waals surface area contributed by atoms with E-state index in [1.807, 2.05) is 0 Å². The third-order valence-electron chi connectivity index (χ3n) is 4.39. The lowest BCUT2D eigenvalue weighted by atomic mass is 9.94. The van der Waals surface area contributed by atoms with Gasteiger partial charge in [-0.25, -0.2) is 4.57 Å². The predicted octanol–water partition coefficient (Wildman–Crippen LogP) is 4.35. The molecule has 0 aliphatic rings. The molecule has 0 aromatic heterocycles. The van der Waals surface area contributed by atoms with E-state index in [-0.39, 0.29) is 6.61 Å². The first-order chi connectivity index (χ1) is 11.7. The second-order valence-electron chi connectivity index (χ2n) is 7.25. The molecule has 1 rings (SSSR count). The predicted molar refractivity (Wildman–Crippen MR) is 102 cm³/mol. The average Bonchev–Trinajstić information content (AvgIpc) is 2.55. The van der Waals surface area contributed by atoms with E-state index in [1.165, 1.54) is 49.7 Å². The van der Waals surface area contributed by atoms with Crippen LogP contribution in [0.5, 0.6) is 0 Å². The van der Waals surface area contributed by atoms with Gasteiger partial charge in [-0.1, -0.05) is 63.3 Å². The van der Waals surface area contributed by atoms with Crippen molar-refractivity contribution in [1.82, 2.24) is 0 Å². The van der Waals surface area contributed by atoms with Gasteiger partial charge in [0, 0.05) is 5.54 Å². The molecule has 1 aromatic rings. The minimum absolute atomic E-state index is 0.159. The molecular formula is C19H34NO4P. The molecule has 1 unspecified atom stereocenters. The number of hydrogen-bond acceptors (Lipinski definition) is 3. The van der Waals surface area contributed by atoms with Crippen LogP contribution < -0.4 is 5.73 Å². The van der Waals surface area contributed by atoms with E-state index in [1.54, 1.807) is 6.92 Å². The molecule has 0 amide bonds. The van der Waals surface area contributed by atoms with Crippen molar-refractivity contribution in [3.05, 3.63) is 35.4 Å². The molecule has 0 saturated heterocycles. The van der Waals surface area contributed by atoms with Crippen molar-refractivity contribution in [2.24, 2.45) is 5.73 Å². The van der Waals surface area contributed by atoms with Crippen molar-refractivity contribution < 1.29 is 18.9 Å². The molecule has 1 atom stereocenters. The Morgan fingerprint density at radius 3 is 2.08 bits per heavy atom. The fourth-order valence-electron chi connectivity index (χ4n) is 2.72. The van der Waals surface area contributed by atoms with Gasteiger partial charge in [0.2, 0.25) is 0 Å². The minimum Gasteiger partial charge on any atom is -0.323 e. The highest BCUT2D eigenvalue weighted by Gasteiger charge is 2.24. The van der Waals surface area contributed by atoms with Crippen LogP contribution in [0.1, 0.15) is 69.9 Å². The summed E-state index contributed by atoms with van der Waals surface area (Å²) in [5.74, 6) is 0. The van der Waals surface area contributed by atoms with Crippen LogP contribution >= 0.6 is 7.82 Å². The second-order valence-corrected chi connectivity index (χ2v) is 8.49. The summed E-state index contributed by atoms with van der Waals surface area (Å²) < 4.78 is 15.3. The maximum atomic E-state index is 10.8. The standard InChI is InChI=1S/C19H34NO4P/c1-3-4-5-6-7-8-9-17-10-12-18(13-11-17)14-15-19(2,20)16-24-25(21,22)23/h10-13H,3-9,14-16,20H2,1-2H3,(H2,21,22,23). The van der Waals surface area contributed by atoms with Gasteiger partial charge in [-0.05, 0) is 43.7 Å². The molecule has 5 nitrogen and oxygen atoms in total. The lowest BCUT2D eigenvalue weighted by Gasteiger charge is -2.24. The van der Waals surface area contributed by atoms with E-state index >= 15 is 0 Å². The second kappa shape index (κ2) is 11.1. The molecule has 0 saturated carbocycles. The Morgan fingerprint density at radius 1 is 1.00 bits per heavy atom. The van der Waals surface area contributed by atoms with Crippen molar-refractivity contribution in [1.29, 1.82) is 0 Å². The van der Waals surface area contributed by atoms with Crippen molar-refractivity contribution in [2.45, 2.75) is 77.2 Å². The zero-order chi connectivity index (χ0) is 18.8. The van der Waals surface area contributed by atoms with E-state index in [0.717, 1.165) is 12.8 Å². The van der Waals surface area contributed by atoms with Crippen LogP contribution in [0, 0.1) is 0 Å². The number of benzene rings is 1. The molecule has 0 fully saturated rings. The summed E-state index contributed by atoms with van der Waals surface area (Å²) in [5.41, 5.74) is 7.82. The highest BCUT2D eigenvalue weighted by atomic mass is 31.2. The first-order valence-corrected chi connectivity index (χ1v) is 10.8. The molecule has 1 aromatic carbocycles. The van der Waals surface area contributed by atoms with Crippen LogP contribution in [0.2, 0.25) is 0 Å². The normalized spacial score (nSPS) is 14.4. The Hall–Kier alpha value is -0.710. The molecule has 0 radical (unpaired) electrons. The Balaban J connectivity index is 2.30. The third-order valence-corrected chi connectivity index (χ3v) is 4.85. The van der Waals surface area contributed by atoms with Gasteiger partial charge in [0.1, 0.15) is 0 Å². The van der Waals surface area contributed by atoms with Gasteiger partial charge in [-0.3, -0.25) is 4.52 Å². The number of aryl methyl sites for hydroxylation is 2. The van der Waals surface area contributed by atoms with Crippen molar-refractivity contribution in [3.63, 3.8) is 0 Å². The summed E-state index contributed by atoms with van der Waals surface area (Å²) in [4.78, 5) is 17.5. The van der Waals surface area contributed by atoms with E-state index in [9.17, 15) is 4.57 Å². The third kappa shape index (κ3) is 11.5. The zero-order valence-electron chi connectivity index (χ0n) is 15.6. The number of hydrogen-bond donors (Lipinski definition) is 3. The first kappa shape index (κ1) is 22.3.